The molecule has 3 aromatic rings. The molecule has 0 spiro atoms. The van der Waals surface area contributed by atoms with E-state index >= 15 is 0 Å². The van der Waals surface area contributed by atoms with E-state index in [0.717, 1.165) is 35.1 Å². The normalized spacial score (nSPS) is 14.1. The van der Waals surface area contributed by atoms with Gasteiger partial charge in [-0.15, -0.1) is 0 Å². The third kappa shape index (κ3) is 6.46. The van der Waals surface area contributed by atoms with Crippen LogP contribution in [0.4, 0.5) is 5.69 Å². The maximum Gasteiger partial charge on any atom is 0.264 e. The Kier molecular flexibility index (Phi) is 8.34. The van der Waals surface area contributed by atoms with Gasteiger partial charge >= 0.3 is 0 Å². The van der Waals surface area contributed by atoms with Crippen molar-refractivity contribution in [2.24, 2.45) is 0 Å². The van der Waals surface area contributed by atoms with Crippen molar-refractivity contribution in [2.45, 2.75) is 44.7 Å². The second-order valence-electron chi connectivity index (χ2n) is 9.33. The number of hydrogen-bond acceptors (Lipinski definition) is 4. The molecule has 1 saturated heterocycles. The van der Waals surface area contributed by atoms with Crippen molar-refractivity contribution < 1.29 is 13.2 Å². The first-order chi connectivity index (χ1) is 17.2. The van der Waals surface area contributed by atoms with Crippen molar-refractivity contribution in [1.29, 1.82) is 0 Å². The summed E-state index contributed by atoms with van der Waals surface area (Å²) in [6.07, 6.45) is 2.52. The minimum atomic E-state index is -3.98. The molecular weight excluding hydrogens is 494 g/mol. The van der Waals surface area contributed by atoms with Gasteiger partial charge in [-0.25, -0.2) is 8.42 Å². The summed E-state index contributed by atoms with van der Waals surface area (Å²) in [5.41, 5.74) is 4.25. The molecule has 1 aliphatic rings. The average molecular weight is 526 g/mol. The van der Waals surface area contributed by atoms with Gasteiger partial charge in [-0.1, -0.05) is 53.6 Å². The molecule has 0 unspecified atom stereocenters. The fraction of sp³-hybridized carbons (Fsp3) is 0.321. The van der Waals surface area contributed by atoms with E-state index in [-0.39, 0.29) is 17.3 Å². The van der Waals surface area contributed by atoms with E-state index < -0.39 is 10.0 Å². The Bertz CT molecular complexity index is 1300. The number of amides is 1. The summed E-state index contributed by atoms with van der Waals surface area (Å²) < 4.78 is 28.3. The van der Waals surface area contributed by atoms with Crippen LogP contribution in [0.3, 0.4) is 0 Å². The van der Waals surface area contributed by atoms with Gasteiger partial charge in [-0.3, -0.25) is 14.0 Å². The van der Waals surface area contributed by atoms with Gasteiger partial charge < -0.3 is 5.32 Å². The van der Waals surface area contributed by atoms with Crippen molar-refractivity contribution in [3.05, 3.63) is 94.0 Å². The van der Waals surface area contributed by atoms with Crippen molar-refractivity contribution in [1.82, 2.24) is 10.2 Å². The third-order valence-electron chi connectivity index (χ3n) is 6.44. The Morgan fingerprint density at radius 3 is 2.22 bits per heavy atom. The first-order valence-corrected chi connectivity index (χ1v) is 14.0. The summed E-state index contributed by atoms with van der Waals surface area (Å²) in [5, 5.41) is 3.38. The molecular formula is C28H32ClN3O3S. The topological polar surface area (TPSA) is 69.7 Å². The molecule has 1 amide bonds. The number of carbonyl (C=O) groups is 1. The van der Waals surface area contributed by atoms with E-state index in [1.807, 2.05) is 19.1 Å². The van der Waals surface area contributed by atoms with Crippen LogP contribution in [0.15, 0.2) is 71.6 Å². The van der Waals surface area contributed by atoms with Gasteiger partial charge in [0, 0.05) is 18.1 Å². The molecule has 36 heavy (non-hydrogen) atoms. The maximum absolute atomic E-state index is 13.6. The number of aryl methyl sites for hydroxylation is 2. The number of nitrogens with zero attached hydrogens (tertiary/aromatic N) is 2. The van der Waals surface area contributed by atoms with E-state index in [1.165, 1.54) is 18.4 Å². The number of nitrogens with one attached hydrogen (secondary N) is 1. The first-order valence-electron chi connectivity index (χ1n) is 12.1. The molecule has 0 aliphatic carbocycles. The van der Waals surface area contributed by atoms with E-state index in [0.29, 0.717) is 22.8 Å². The lowest BCUT2D eigenvalue weighted by atomic mass is 10.1. The summed E-state index contributed by atoms with van der Waals surface area (Å²) >= 11 is 6.10. The third-order valence-corrected chi connectivity index (χ3v) is 8.45. The molecule has 190 valence electrons. The van der Waals surface area contributed by atoms with E-state index in [9.17, 15) is 13.2 Å². The number of carbonyl (C=O) groups excluding carboxylic acids is 1. The lowest BCUT2D eigenvalue weighted by molar-refractivity contribution is -0.119. The van der Waals surface area contributed by atoms with Crippen LogP contribution in [-0.2, 0) is 27.9 Å². The van der Waals surface area contributed by atoms with E-state index in [2.05, 4.69) is 22.3 Å². The lowest BCUT2D eigenvalue weighted by Crippen LogP contribution is -2.41. The molecule has 0 atom stereocenters. The van der Waals surface area contributed by atoms with Gasteiger partial charge in [0.15, 0.2) is 0 Å². The highest BCUT2D eigenvalue weighted by Gasteiger charge is 2.28. The van der Waals surface area contributed by atoms with Crippen LogP contribution in [-0.4, -0.2) is 38.9 Å². The molecule has 4 rings (SSSR count). The van der Waals surface area contributed by atoms with Crippen LogP contribution in [0.25, 0.3) is 0 Å². The SMILES string of the molecule is Cc1ccc(S(=O)(=O)N(CC(=O)NCc2ccc(CN3CCCC3)cc2)c2ccc(Cl)cc2C)cc1. The molecule has 6 nitrogen and oxygen atoms in total. The number of anilines is 1. The predicted molar refractivity (Wildman–Crippen MR) is 145 cm³/mol. The van der Waals surface area contributed by atoms with E-state index in [4.69, 9.17) is 11.6 Å². The number of rotatable bonds is 9. The number of benzene rings is 3. The predicted octanol–water partition coefficient (Wildman–Crippen LogP) is 5.06. The zero-order valence-corrected chi connectivity index (χ0v) is 22.3. The Morgan fingerprint density at radius 2 is 1.58 bits per heavy atom. The molecule has 8 heteroatoms. The number of sulfonamides is 1. The fourth-order valence-electron chi connectivity index (χ4n) is 4.38. The Hall–Kier alpha value is -2.87. The molecule has 1 aliphatic heterocycles. The molecule has 3 aromatic carbocycles. The number of halogens is 1. The summed E-state index contributed by atoms with van der Waals surface area (Å²) in [6.45, 7) is 6.88. The van der Waals surface area contributed by atoms with Crippen molar-refractivity contribution in [2.75, 3.05) is 23.9 Å². The van der Waals surface area contributed by atoms with Crippen molar-refractivity contribution >= 4 is 33.2 Å². The Labute approximate surface area is 218 Å². The summed E-state index contributed by atoms with van der Waals surface area (Å²) in [5.74, 6) is -0.388. The summed E-state index contributed by atoms with van der Waals surface area (Å²) in [4.78, 5) is 15.5. The largest absolute Gasteiger partial charge is 0.350 e. The quantitative estimate of drug-likeness (QED) is 0.424. The number of hydrogen-bond donors (Lipinski definition) is 1. The summed E-state index contributed by atoms with van der Waals surface area (Å²) in [7, 11) is -3.98. The zero-order chi connectivity index (χ0) is 25.7. The molecule has 0 saturated carbocycles. The second kappa shape index (κ2) is 11.5. The smallest absolute Gasteiger partial charge is 0.264 e. The van der Waals surface area contributed by atoms with Crippen molar-refractivity contribution in [3.63, 3.8) is 0 Å². The van der Waals surface area contributed by atoms with E-state index in [1.54, 1.807) is 49.4 Å². The van der Waals surface area contributed by atoms with Crippen molar-refractivity contribution in [3.8, 4) is 0 Å². The van der Waals surface area contributed by atoms with Gasteiger partial charge in [0.05, 0.1) is 10.6 Å². The summed E-state index contributed by atoms with van der Waals surface area (Å²) in [6, 6.07) is 19.8. The average Bonchev–Trinajstić information content (AvgIpc) is 3.36. The molecule has 0 bridgehead atoms. The minimum Gasteiger partial charge on any atom is -0.350 e. The van der Waals surface area contributed by atoms with Gasteiger partial charge in [0.25, 0.3) is 10.0 Å². The van der Waals surface area contributed by atoms with Gasteiger partial charge in [0.1, 0.15) is 6.54 Å². The lowest BCUT2D eigenvalue weighted by Gasteiger charge is -2.26. The Morgan fingerprint density at radius 1 is 0.944 bits per heavy atom. The van der Waals surface area contributed by atoms with Crippen LogP contribution in [0.5, 0.6) is 0 Å². The molecule has 1 N–H and O–H groups in total. The molecule has 0 radical (unpaired) electrons. The maximum atomic E-state index is 13.6. The van der Waals surface area contributed by atoms with Crippen LogP contribution in [0.1, 0.15) is 35.1 Å². The first kappa shape index (κ1) is 26.2. The standard InChI is InChI=1S/C28H32ClN3O3S/c1-21-5-12-26(13-6-21)36(34,35)32(27-14-11-25(29)17-22(27)2)20-28(33)30-18-23-7-9-24(10-8-23)19-31-15-3-4-16-31/h5-14,17H,3-4,15-16,18-20H2,1-2H3,(H,30,33). The van der Waals surface area contributed by atoms with Crippen LogP contribution in [0, 0.1) is 13.8 Å². The van der Waals surface area contributed by atoms with Crippen LogP contribution < -0.4 is 9.62 Å². The minimum absolute atomic E-state index is 0.129. The zero-order valence-electron chi connectivity index (χ0n) is 20.7. The van der Waals surface area contributed by atoms with Crippen LogP contribution >= 0.6 is 11.6 Å². The monoisotopic (exact) mass is 525 g/mol. The second-order valence-corrected chi connectivity index (χ2v) is 11.6. The molecule has 0 aromatic heterocycles. The molecule has 1 heterocycles. The number of likely N-dealkylation sites (tertiary alicyclic amines) is 1. The van der Waals surface area contributed by atoms with Gasteiger partial charge in [0.2, 0.25) is 5.91 Å². The highest BCUT2D eigenvalue weighted by molar-refractivity contribution is 7.92. The Balaban J connectivity index is 1.47. The fourth-order valence-corrected chi connectivity index (χ4v) is 6.10. The highest BCUT2D eigenvalue weighted by Crippen LogP contribution is 2.29. The highest BCUT2D eigenvalue weighted by atomic mass is 35.5. The van der Waals surface area contributed by atoms with Crippen LogP contribution in [0.2, 0.25) is 5.02 Å². The molecule has 1 fully saturated rings. The van der Waals surface area contributed by atoms with Gasteiger partial charge in [-0.05, 0) is 86.8 Å². The van der Waals surface area contributed by atoms with Gasteiger partial charge in [-0.2, -0.15) is 0 Å².